The van der Waals surface area contributed by atoms with E-state index in [9.17, 15) is 9.59 Å². The van der Waals surface area contributed by atoms with E-state index in [0.717, 1.165) is 17.0 Å². The van der Waals surface area contributed by atoms with Crippen LogP contribution in [-0.4, -0.2) is 29.4 Å². The molecule has 0 bridgehead atoms. The Morgan fingerprint density at radius 1 is 1.23 bits per heavy atom. The SMILES string of the molecule is CCOc1ccc([C@@H]2CC(=O)c3c([nH]c(C(=O)OC(C)C)c3C)C2)cc1. The molecule has 2 aromatic rings. The number of H-pyrrole nitrogens is 1. The number of rotatable bonds is 5. The summed E-state index contributed by atoms with van der Waals surface area (Å²) in [4.78, 5) is 28.1. The Morgan fingerprint density at radius 3 is 2.54 bits per heavy atom. The number of aromatic amines is 1. The molecule has 1 N–H and O–H groups in total. The number of aromatic nitrogens is 1. The topological polar surface area (TPSA) is 68.4 Å². The average Bonchev–Trinajstić information content (AvgIpc) is 2.92. The van der Waals surface area contributed by atoms with Crippen molar-refractivity contribution >= 4 is 11.8 Å². The molecule has 1 aromatic heterocycles. The summed E-state index contributed by atoms with van der Waals surface area (Å²) in [6.45, 7) is 8.00. The van der Waals surface area contributed by atoms with Crippen molar-refractivity contribution in [3.8, 4) is 5.75 Å². The van der Waals surface area contributed by atoms with E-state index < -0.39 is 5.97 Å². The van der Waals surface area contributed by atoms with Crippen LogP contribution in [0.2, 0.25) is 0 Å². The molecular weight excluding hydrogens is 330 g/mol. The Morgan fingerprint density at radius 2 is 1.92 bits per heavy atom. The molecule has 0 aliphatic heterocycles. The van der Waals surface area contributed by atoms with Crippen molar-refractivity contribution in [3.05, 3.63) is 52.3 Å². The maximum Gasteiger partial charge on any atom is 0.355 e. The minimum atomic E-state index is -0.405. The predicted octanol–water partition coefficient (Wildman–Crippen LogP) is 4.20. The highest BCUT2D eigenvalue weighted by atomic mass is 16.5. The Balaban J connectivity index is 1.86. The molecule has 0 saturated carbocycles. The smallest absolute Gasteiger partial charge is 0.355 e. The monoisotopic (exact) mass is 355 g/mol. The number of Topliss-reactive ketones (excluding diaryl/α,β-unsaturated/α-hetero) is 1. The lowest BCUT2D eigenvalue weighted by Gasteiger charge is -2.22. The van der Waals surface area contributed by atoms with E-state index in [0.29, 0.717) is 36.3 Å². The lowest BCUT2D eigenvalue weighted by atomic mass is 9.81. The fourth-order valence-corrected chi connectivity index (χ4v) is 3.55. The summed E-state index contributed by atoms with van der Waals surface area (Å²) < 4.78 is 10.8. The summed E-state index contributed by atoms with van der Waals surface area (Å²) in [7, 11) is 0. The molecule has 5 heteroatoms. The predicted molar refractivity (Wildman–Crippen MR) is 99.1 cm³/mol. The first-order valence-corrected chi connectivity index (χ1v) is 9.09. The summed E-state index contributed by atoms with van der Waals surface area (Å²) in [6.07, 6.45) is 0.943. The molecule has 1 aromatic carbocycles. The minimum Gasteiger partial charge on any atom is -0.494 e. The van der Waals surface area contributed by atoms with E-state index in [1.165, 1.54) is 0 Å². The van der Waals surface area contributed by atoms with E-state index in [1.54, 1.807) is 6.92 Å². The number of nitrogens with one attached hydrogen (secondary N) is 1. The molecule has 0 unspecified atom stereocenters. The van der Waals surface area contributed by atoms with Crippen molar-refractivity contribution in [2.24, 2.45) is 0 Å². The van der Waals surface area contributed by atoms with Crippen molar-refractivity contribution < 1.29 is 19.1 Å². The van der Waals surface area contributed by atoms with Gasteiger partial charge >= 0.3 is 5.97 Å². The van der Waals surface area contributed by atoms with Crippen molar-refractivity contribution in [2.75, 3.05) is 6.61 Å². The molecule has 5 nitrogen and oxygen atoms in total. The Bertz CT molecular complexity index is 817. The average molecular weight is 355 g/mol. The number of hydrogen-bond acceptors (Lipinski definition) is 4. The van der Waals surface area contributed by atoms with Crippen LogP contribution in [0.15, 0.2) is 24.3 Å². The minimum absolute atomic E-state index is 0.0717. The Labute approximate surface area is 153 Å². The van der Waals surface area contributed by atoms with Gasteiger partial charge in [-0.05, 0) is 63.3 Å². The quantitative estimate of drug-likeness (QED) is 0.816. The molecule has 0 radical (unpaired) electrons. The van der Waals surface area contributed by atoms with Crippen LogP contribution >= 0.6 is 0 Å². The van der Waals surface area contributed by atoms with Crippen LogP contribution in [-0.2, 0) is 11.2 Å². The number of hydrogen-bond donors (Lipinski definition) is 1. The zero-order valence-electron chi connectivity index (χ0n) is 15.7. The molecule has 0 amide bonds. The van der Waals surface area contributed by atoms with Crippen LogP contribution in [0.25, 0.3) is 0 Å². The second-order valence-electron chi connectivity index (χ2n) is 6.96. The standard InChI is InChI=1S/C21H25NO4/c1-5-25-16-8-6-14(7-9-16)15-10-17-19(18(23)11-15)13(4)20(22-17)21(24)26-12(2)3/h6-9,12,15,22H,5,10-11H2,1-4H3/t15-/m0/s1. The summed E-state index contributed by atoms with van der Waals surface area (Å²) in [5.41, 5.74) is 3.67. The Kier molecular flexibility index (Phi) is 5.16. The normalized spacial score (nSPS) is 16.5. The number of esters is 1. The molecule has 0 spiro atoms. The first kappa shape index (κ1) is 18.2. The maximum atomic E-state index is 12.7. The number of benzene rings is 1. The summed E-state index contributed by atoms with van der Waals surface area (Å²) in [6, 6.07) is 7.89. The van der Waals surface area contributed by atoms with Gasteiger partial charge < -0.3 is 14.5 Å². The van der Waals surface area contributed by atoms with Gasteiger partial charge in [0.25, 0.3) is 0 Å². The highest BCUT2D eigenvalue weighted by molar-refractivity contribution is 6.03. The van der Waals surface area contributed by atoms with Gasteiger partial charge in [-0.15, -0.1) is 0 Å². The number of ketones is 1. The van der Waals surface area contributed by atoms with Gasteiger partial charge in [-0.3, -0.25) is 4.79 Å². The van der Waals surface area contributed by atoms with E-state index in [2.05, 4.69) is 4.98 Å². The molecule has 138 valence electrons. The van der Waals surface area contributed by atoms with E-state index in [-0.39, 0.29) is 17.8 Å². The summed E-state index contributed by atoms with van der Waals surface area (Å²) in [5.74, 6) is 0.589. The zero-order valence-corrected chi connectivity index (χ0v) is 15.7. The van der Waals surface area contributed by atoms with Gasteiger partial charge in [-0.1, -0.05) is 12.1 Å². The third-order valence-corrected chi connectivity index (χ3v) is 4.70. The van der Waals surface area contributed by atoms with Gasteiger partial charge in [0.1, 0.15) is 11.4 Å². The van der Waals surface area contributed by atoms with Crippen LogP contribution < -0.4 is 4.74 Å². The largest absolute Gasteiger partial charge is 0.494 e. The first-order chi connectivity index (χ1) is 12.4. The fourth-order valence-electron chi connectivity index (χ4n) is 3.55. The molecule has 26 heavy (non-hydrogen) atoms. The van der Waals surface area contributed by atoms with Gasteiger partial charge in [0, 0.05) is 17.7 Å². The number of fused-ring (bicyclic) bond motifs is 1. The molecule has 1 atom stereocenters. The van der Waals surface area contributed by atoms with E-state index >= 15 is 0 Å². The summed E-state index contributed by atoms with van der Waals surface area (Å²) in [5, 5.41) is 0. The maximum absolute atomic E-state index is 12.7. The second-order valence-corrected chi connectivity index (χ2v) is 6.96. The van der Waals surface area contributed by atoms with Crippen molar-refractivity contribution in [1.29, 1.82) is 0 Å². The third kappa shape index (κ3) is 3.52. The fraction of sp³-hybridized carbons (Fsp3) is 0.429. The van der Waals surface area contributed by atoms with Crippen LogP contribution in [0.5, 0.6) is 5.75 Å². The van der Waals surface area contributed by atoms with Crippen molar-refractivity contribution in [2.45, 2.75) is 52.6 Å². The number of ether oxygens (including phenoxy) is 2. The highest BCUT2D eigenvalue weighted by Crippen LogP contribution is 2.35. The molecule has 0 saturated heterocycles. The Hall–Kier alpha value is -2.56. The van der Waals surface area contributed by atoms with Crippen molar-refractivity contribution in [3.63, 3.8) is 0 Å². The van der Waals surface area contributed by atoms with Crippen LogP contribution in [0, 0.1) is 6.92 Å². The lowest BCUT2D eigenvalue weighted by Crippen LogP contribution is -2.18. The third-order valence-electron chi connectivity index (χ3n) is 4.70. The van der Waals surface area contributed by atoms with Gasteiger partial charge in [0.2, 0.25) is 0 Å². The van der Waals surface area contributed by atoms with Crippen molar-refractivity contribution in [1.82, 2.24) is 4.98 Å². The molecule has 0 fully saturated rings. The highest BCUT2D eigenvalue weighted by Gasteiger charge is 2.32. The van der Waals surface area contributed by atoms with Gasteiger partial charge in [0.15, 0.2) is 5.78 Å². The molecule has 1 aliphatic rings. The number of carbonyl (C=O) groups is 2. The van der Waals surface area contributed by atoms with Crippen LogP contribution in [0.1, 0.15) is 70.8 Å². The molecule has 3 rings (SSSR count). The molecule has 1 heterocycles. The lowest BCUT2D eigenvalue weighted by molar-refractivity contribution is 0.0370. The molecular formula is C21H25NO4. The van der Waals surface area contributed by atoms with Gasteiger partial charge in [-0.2, -0.15) is 0 Å². The zero-order chi connectivity index (χ0) is 18.8. The number of carbonyl (C=O) groups excluding carboxylic acids is 2. The van der Waals surface area contributed by atoms with E-state index in [4.69, 9.17) is 9.47 Å². The first-order valence-electron chi connectivity index (χ1n) is 9.09. The van der Waals surface area contributed by atoms with Crippen LogP contribution in [0.4, 0.5) is 0 Å². The summed E-state index contributed by atoms with van der Waals surface area (Å²) >= 11 is 0. The second kappa shape index (κ2) is 7.36. The molecule has 1 aliphatic carbocycles. The van der Waals surface area contributed by atoms with Crippen LogP contribution in [0.3, 0.4) is 0 Å². The van der Waals surface area contributed by atoms with E-state index in [1.807, 2.05) is 45.0 Å². The van der Waals surface area contributed by atoms with Gasteiger partial charge in [-0.25, -0.2) is 4.79 Å². The van der Waals surface area contributed by atoms with Gasteiger partial charge in [0.05, 0.1) is 12.7 Å².